The number of rotatable bonds is 4. The van der Waals surface area contributed by atoms with Gasteiger partial charge in [-0.2, -0.15) is 0 Å². The van der Waals surface area contributed by atoms with Gasteiger partial charge in [-0.3, -0.25) is 19.2 Å². The van der Waals surface area contributed by atoms with Gasteiger partial charge in [-0.05, 0) is 48.5 Å². The smallest absolute Gasteiger partial charge is 0.305 e. The monoisotopic (exact) mass is 490 g/mol. The van der Waals surface area contributed by atoms with Crippen molar-refractivity contribution in [3.8, 4) is 0 Å². The lowest BCUT2D eigenvalue weighted by Gasteiger charge is -2.41. The average molecular weight is 491 g/mol. The Bertz CT molecular complexity index is 960. The Morgan fingerprint density at radius 3 is 2.34 bits per heavy atom. The van der Waals surface area contributed by atoms with E-state index >= 15 is 0 Å². The summed E-state index contributed by atoms with van der Waals surface area (Å²) in [5.74, 6) is -2.51. The number of esters is 3. The van der Waals surface area contributed by atoms with Gasteiger partial charge in [-0.25, -0.2) is 0 Å². The molecule has 8 heteroatoms. The lowest BCUT2D eigenvalue weighted by Crippen LogP contribution is -2.58. The highest BCUT2D eigenvalue weighted by Crippen LogP contribution is 2.64. The molecular formula is C27H38O8. The Balaban J connectivity index is 1.91. The fourth-order valence-electron chi connectivity index (χ4n) is 6.83. The topological polar surface area (TPSA) is 108 Å². The molecule has 8 atom stereocenters. The molecule has 194 valence electrons. The maximum absolute atomic E-state index is 14.2. The maximum Gasteiger partial charge on any atom is 0.305 e. The molecule has 0 radical (unpaired) electrons. The van der Waals surface area contributed by atoms with Gasteiger partial charge in [-0.1, -0.05) is 33.8 Å². The van der Waals surface area contributed by atoms with Crippen molar-refractivity contribution in [2.45, 2.75) is 97.6 Å². The van der Waals surface area contributed by atoms with E-state index in [0.717, 1.165) is 6.42 Å². The molecule has 3 aliphatic carbocycles. The van der Waals surface area contributed by atoms with Crippen LogP contribution in [-0.2, 0) is 38.1 Å². The van der Waals surface area contributed by atoms with E-state index in [4.69, 9.17) is 18.9 Å². The molecular weight excluding hydrogens is 452 g/mol. The first-order chi connectivity index (χ1) is 16.3. The van der Waals surface area contributed by atoms with Crippen LogP contribution < -0.4 is 0 Å². The van der Waals surface area contributed by atoms with Crippen LogP contribution in [0.2, 0.25) is 0 Å². The molecule has 1 saturated heterocycles. The first-order valence-corrected chi connectivity index (χ1v) is 12.7. The molecule has 4 rings (SSSR count). The van der Waals surface area contributed by atoms with Gasteiger partial charge in [0.15, 0.2) is 5.60 Å². The SMILES string of the molecule is CCC(=O)OC1C(C)CC2(OC(C)=O)C(=O)/C(C)=C/C3C(CCC4(CO4)C(OC(C)=O)C12)C3(C)C. The van der Waals surface area contributed by atoms with Crippen LogP contribution in [0.5, 0.6) is 0 Å². The van der Waals surface area contributed by atoms with Crippen molar-refractivity contribution < 1.29 is 38.1 Å². The van der Waals surface area contributed by atoms with E-state index in [2.05, 4.69) is 13.8 Å². The molecule has 0 bridgehead atoms. The van der Waals surface area contributed by atoms with Gasteiger partial charge in [-0.15, -0.1) is 0 Å². The summed E-state index contributed by atoms with van der Waals surface area (Å²) in [6, 6.07) is 0. The van der Waals surface area contributed by atoms with E-state index in [1.165, 1.54) is 13.8 Å². The number of carbonyl (C=O) groups excluding carboxylic acids is 4. The number of carbonyl (C=O) groups is 4. The molecule has 8 nitrogen and oxygen atoms in total. The maximum atomic E-state index is 14.2. The zero-order valence-corrected chi connectivity index (χ0v) is 21.8. The third kappa shape index (κ3) is 4.32. The highest BCUT2D eigenvalue weighted by molar-refractivity contribution is 6.03. The first kappa shape index (κ1) is 25.9. The van der Waals surface area contributed by atoms with E-state index in [-0.39, 0.29) is 35.9 Å². The van der Waals surface area contributed by atoms with Gasteiger partial charge in [0.25, 0.3) is 0 Å². The molecule has 4 aliphatic rings. The molecule has 0 amide bonds. The summed E-state index contributed by atoms with van der Waals surface area (Å²) in [5, 5.41) is 0. The second-order valence-corrected chi connectivity index (χ2v) is 11.6. The second-order valence-electron chi connectivity index (χ2n) is 11.6. The summed E-state index contributed by atoms with van der Waals surface area (Å²) in [7, 11) is 0. The van der Waals surface area contributed by atoms with E-state index < -0.39 is 47.2 Å². The fraction of sp³-hybridized carbons (Fsp3) is 0.778. The van der Waals surface area contributed by atoms with Crippen LogP contribution in [0.25, 0.3) is 0 Å². The third-order valence-electron chi connectivity index (χ3n) is 8.80. The van der Waals surface area contributed by atoms with Gasteiger partial charge in [0.2, 0.25) is 5.78 Å². The molecule has 2 saturated carbocycles. The summed E-state index contributed by atoms with van der Waals surface area (Å²) in [6.07, 6.45) is 2.11. The van der Waals surface area contributed by atoms with Crippen molar-refractivity contribution in [2.75, 3.05) is 6.61 Å². The number of allylic oxidation sites excluding steroid dienone is 1. The van der Waals surface area contributed by atoms with Crippen molar-refractivity contribution in [1.29, 1.82) is 0 Å². The summed E-state index contributed by atoms with van der Waals surface area (Å²) >= 11 is 0. The predicted octanol–water partition coefficient (Wildman–Crippen LogP) is 3.55. The zero-order chi connectivity index (χ0) is 25.9. The number of hydrogen-bond acceptors (Lipinski definition) is 8. The van der Waals surface area contributed by atoms with Crippen LogP contribution in [0, 0.1) is 29.1 Å². The number of ether oxygens (including phenoxy) is 4. The third-order valence-corrected chi connectivity index (χ3v) is 8.80. The lowest BCUT2D eigenvalue weighted by atomic mass is 9.74. The molecule has 0 N–H and O–H groups in total. The molecule has 0 aromatic rings. The summed E-state index contributed by atoms with van der Waals surface area (Å²) < 4.78 is 23.7. The molecule has 0 aromatic carbocycles. The first-order valence-electron chi connectivity index (χ1n) is 12.7. The van der Waals surface area contributed by atoms with Gasteiger partial charge in [0.1, 0.15) is 17.8 Å². The summed E-state index contributed by atoms with van der Waals surface area (Å²) in [5.41, 5.74) is -1.91. The van der Waals surface area contributed by atoms with Crippen molar-refractivity contribution in [3.05, 3.63) is 11.6 Å². The Kier molecular flexibility index (Phi) is 6.44. The van der Waals surface area contributed by atoms with Gasteiger partial charge < -0.3 is 18.9 Å². The Labute approximate surface area is 207 Å². The molecule has 8 unspecified atom stereocenters. The molecule has 1 heterocycles. The highest BCUT2D eigenvalue weighted by atomic mass is 16.6. The number of hydrogen-bond donors (Lipinski definition) is 0. The molecule has 3 fully saturated rings. The quantitative estimate of drug-likeness (QED) is 0.334. The minimum absolute atomic E-state index is 0.0317. The van der Waals surface area contributed by atoms with Crippen LogP contribution in [0.15, 0.2) is 11.6 Å². The van der Waals surface area contributed by atoms with Crippen LogP contribution in [0.3, 0.4) is 0 Å². The average Bonchev–Trinajstić information content (AvgIpc) is 3.62. The second kappa shape index (κ2) is 8.71. The molecule has 35 heavy (non-hydrogen) atoms. The normalized spacial score (nSPS) is 43.1. The van der Waals surface area contributed by atoms with Crippen LogP contribution >= 0.6 is 0 Å². The minimum atomic E-state index is -1.64. The molecule has 0 aromatic heterocycles. The number of epoxide rings is 1. The highest BCUT2D eigenvalue weighted by Gasteiger charge is 2.71. The van der Waals surface area contributed by atoms with Crippen LogP contribution in [0.1, 0.15) is 74.1 Å². The Morgan fingerprint density at radius 1 is 1.14 bits per heavy atom. The lowest BCUT2D eigenvalue weighted by molar-refractivity contribution is -0.190. The van der Waals surface area contributed by atoms with E-state index in [9.17, 15) is 19.2 Å². The standard InChI is InChI=1S/C27H38O8/c1-8-20(30)34-22-15(3)12-27(35-17(5)29)21(22)24(33-16(4)28)26(13-32-26)10-9-18-19(25(18,6)7)11-14(2)23(27)31/h11,15,18-19,21-22,24H,8-10,12-13H2,1-7H3/b14-11+. The predicted molar refractivity (Wildman–Crippen MR) is 125 cm³/mol. The largest absolute Gasteiger partial charge is 0.461 e. The Morgan fingerprint density at radius 2 is 1.80 bits per heavy atom. The molecule has 1 spiro atoms. The van der Waals surface area contributed by atoms with E-state index in [0.29, 0.717) is 24.5 Å². The van der Waals surface area contributed by atoms with Crippen molar-refractivity contribution in [2.24, 2.45) is 29.1 Å². The summed E-state index contributed by atoms with van der Waals surface area (Å²) in [6.45, 7) is 12.6. The van der Waals surface area contributed by atoms with Crippen molar-refractivity contribution >= 4 is 23.7 Å². The minimum Gasteiger partial charge on any atom is -0.461 e. The van der Waals surface area contributed by atoms with Crippen LogP contribution in [-0.4, -0.2) is 53.7 Å². The van der Waals surface area contributed by atoms with Crippen molar-refractivity contribution in [1.82, 2.24) is 0 Å². The number of Topliss-reactive ketones (excluding diaryl/α,β-unsaturated/α-hetero) is 1. The van der Waals surface area contributed by atoms with E-state index in [1.807, 2.05) is 13.0 Å². The summed E-state index contributed by atoms with van der Waals surface area (Å²) in [4.78, 5) is 51.5. The zero-order valence-electron chi connectivity index (χ0n) is 21.8. The van der Waals surface area contributed by atoms with Crippen LogP contribution in [0.4, 0.5) is 0 Å². The van der Waals surface area contributed by atoms with Gasteiger partial charge >= 0.3 is 17.9 Å². The number of ketones is 1. The Hall–Kier alpha value is -2.22. The van der Waals surface area contributed by atoms with Gasteiger partial charge in [0, 0.05) is 26.7 Å². The van der Waals surface area contributed by atoms with E-state index in [1.54, 1.807) is 13.8 Å². The van der Waals surface area contributed by atoms with Gasteiger partial charge in [0.05, 0.1) is 12.5 Å². The fourth-order valence-corrected chi connectivity index (χ4v) is 6.83. The van der Waals surface area contributed by atoms with Crippen molar-refractivity contribution in [3.63, 3.8) is 0 Å². The molecule has 1 aliphatic heterocycles. The number of fused-ring (bicyclic) bond motifs is 2.